The molecule has 0 saturated heterocycles. The van der Waals surface area contributed by atoms with Crippen molar-refractivity contribution in [2.24, 2.45) is 0 Å². The van der Waals surface area contributed by atoms with Crippen molar-refractivity contribution < 1.29 is 8.78 Å². The third-order valence-corrected chi connectivity index (χ3v) is 4.75. The molecular weight excluding hydrogens is 334 g/mol. The van der Waals surface area contributed by atoms with Crippen LogP contribution in [0.15, 0.2) is 48.5 Å². The first-order chi connectivity index (χ1) is 12.6. The molecule has 6 heteroatoms. The molecule has 4 rings (SSSR count). The fourth-order valence-electron chi connectivity index (χ4n) is 3.54. The Morgan fingerprint density at radius 2 is 1.85 bits per heavy atom. The highest BCUT2D eigenvalue weighted by molar-refractivity contribution is 5.62. The maximum atomic E-state index is 15.1. The smallest absolute Gasteiger partial charge is 0.146 e. The van der Waals surface area contributed by atoms with E-state index in [1.165, 1.54) is 12.1 Å². The molecule has 0 amide bonds. The van der Waals surface area contributed by atoms with Crippen LogP contribution in [0.25, 0.3) is 11.3 Å². The van der Waals surface area contributed by atoms with Gasteiger partial charge in [-0.3, -0.25) is 0 Å². The number of rotatable bonds is 2. The van der Waals surface area contributed by atoms with E-state index in [-0.39, 0.29) is 17.6 Å². The summed E-state index contributed by atoms with van der Waals surface area (Å²) < 4.78 is 29.5. The molecule has 0 saturated carbocycles. The molecule has 0 bridgehead atoms. The summed E-state index contributed by atoms with van der Waals surface area (Å²) >= 11 is 0. The van der Waals surface area contributed by atoms with E-state index in [4.69, 9.17) is 5.73 Å². The minimum absolute atomic E-state index is 0.307. The number of halogens is 2. The fourth-order valence-corrected chi connectivity index (χ4v) is 3.54. The van der Waals surface area contributed by atoms with Crippen LogP contribution in [0, 0.1) is 11.6 Å². The van der Waals surface area contributed by atoms with Crippen molar-refractivity contribution in [2.75, 3.05) is 12.3 Å². The molecule has 1 aromatic heterocycles. The summed E-state index contributed by atoms with van der Waals surface area (Å²) in [5.41, 5.74) is 8.63. The SMILES string of the molecule is Nc1ccc(-c2cc(F)c3c(c2)CNCCC3c2ccccc2F)nn1. The molecule has 132 valence electrons. The Bertz CT molecular complexity index is 941. The van der Waals surface area contributed by atoms with Crippen LogP contribution in [-0.4, -0.2) is 16.7 Å². The van der Waals surface area contributed by atoms with Crippen LogP contribution in [-0.2, 0) is 6.54 Å². The molecule has 0 aliphatic carbocycles. The Hall–Kier alpha value is -2.86. The minimum Gasteiger partial charge on any atom is -0.382 e. The van der Waals surface area contributed by atoms with E-state index in [1.54, 1.807) is 30.3 Å². The molecule has 2 heterocycles. The van der Waals surface area contributed by atoms with Gasteiger partial charge in [0, 0.05) is 18.0 Å². The molecule has 4 nitrogen and oxygen atoms in total. The predicted molar refractivity (Wildman–Crippen MR) is 96.4 cm³/mol. The molecule has 0 spiro atoms. The number of nitrogens with two attached hydrogens (primary N) is 1. The lowest BCUT2D eigenvalue weighted by molar-refractivity contribution is 0.558. The normalized spacial score (nSPS) is 16.8. The van der Waals surface area contributed by atoms with Crippen molar-refractivity contribution in [1.82, 2.24) is 15.5 Å². The predicted octanol–water partition coefficient (Wildman–Crippen LogP) is 3.63. The summed E-state index contributed by atoms with van der Waals surface area (Å²) in [6, 6.07) is 13.3. The van der Waals surface area contributed by atoms with Crippen LogP contribution >= 0.6 is 0 Å². The number of benzene rings is 2. The van der Waals surface area contributed by atoms with Crippen molar-refractivity contribution in [2.45, 2.75) is 18.9 Å². The Labute approximate surface area is 150 Å². The molecule has 3 N–H and O–H groups in total. The summed E-state index contributed by atoms with van der Waals surface area (Å²) in [6.07, 6.45) is 0.631. The second-order valence-electron chi connectivity index (χ2n) is 6.41. The molecule has 1 unspecified atom stereocenters. The molecule has 3 aromatic rings. The average molecular weight is 352 g/mol. The lowest BCUT2D eigenvalue weighted by atomic mass is 9.85. The zero-order valence-corrected chi connectivity index (χ0v) is 14.0. The Morgan fingerprint density at radius 1 is 1.00 bits per heavy atom. The summed E-state index contributed by atoms with van der Waals surface area (Å²) in [5, 5.41) is 11.2. The number of anilines is 1. The first-order valence-electron chi connectivity index (χ1n) is 8.50. The number of nitrogens with one attached hydrogen (secondary N) is 1. The van der Waals surface area contributed by atoms with Gasteiger partial charge in [0.05, 0.1) is 5.69 Å². The van der Waals surface area contributed by atoms with Crippen molar-refractivity contribution in [3.05, 3.63) is 76.9 Å². The van der Waals surface area contributed by atoms with E-state index >= 15 is 4.39 Å². The summed E-state index contributed by atoms with van der Waals surface area (Å²) in [4.78, 5) is 0. The van der Waals surface area contributed by atoms with E-state index in [2.05, 4.69) is 15.5 Å². The van der Waals surface area contributed by atoms with Gasteiger partial charge in [-0.2, -0.15) is 0 Å². The Morgan fingerprint density at radius 3 is 2.62 bits per heavy atom. The first-order valence-corrected chi connectivity index (χ1v) is 8.50. The molecule has 26 heavy (non-hydrogen) atoms. The van der Waals surface area contributed by atoms with Gasteiger partial charge in [0.15, 0.2) is 0 Å². The first kappa shape index (κ1) is 16.6. The highest BCUT2D eigenvalue weighted by Crippen LogP contribution is 2.37. The molecular formula is C20H18F2N4. The number of aromatic nitrogens is 2. The van der Waals surface area contributed by atoms with Crippen LogP contribution in [0.3, 0.4) is 0 Å². The number of hydrogen-bond acceptors (Lipinski definition) is 4. The van der Waals surface area contributed by atoms with Gasteiger partial charge >= 0.3 is 0 Å². The van der Waals surface area contributed by atoms with Gasteiger partial charge in [0.2, 0.25) is 0 Å². The maximum absolute atomic E-state index is 15.1. The van der Waals surface area contributed by atoms with Gasteiger partial charge in [-0.25, -0.2) is 8.78 Å². The molecule has 0 fully saturated rings. The van der Waals surface area contributed by atoms with Crippen LogP contribution < -0.4 is 11.1 Å². The van der Waals surface area contributed by atoms with Crippen molar-refractivity contribution >= 4 is 5.82 Å². The second-order valence-corrected chi connectivity index (χ2v) is 6.41. The second kappa shape index (κ2) is 6.80. The number of nitrogen functional groups attached to an aromatic ring is 1. The highest BCUT2D eigenvalue weighted by Gasteiger charge is 2.26. The fraction of sp³-hybridized carbons (Fsp3) is 0.200. The third kappa shape index (κ3) is 3.04. The highest BCUT2D eigenvalue weighted by atomic mass is 19.1. The third-order valence-electron chi connectivity index (χ3n) is 4.75. The van der Waals surface area contributed by atoms with Crippen LogP contribution in [0.5, 0.6) is 0 Å². The van der Waals surface area contributed by atoms with E-state index < -0.39 is 0 Å². The summed E-state index contributed by atoms with van der Waals surface area (Å²) in [7, 11) is 0. The molecule has 0 radical (unpaired) electrons. The zero-order valence-electron chi connectivity index (χ0n) is 14.0. The van der Waals surface area contributed by atoms with Crippen molar-refractivity contribution in [1.29, 1.82) is 0 Å². The molecule has 1 aliphatic heterocycles. The van der Waals surface area contributed by atoms with E-state index in [0.717, 1.165) is 5.56 Å². The Balaban J connectivity index is 1.84. The van der Waals surface area contributed by atoms with Gasteiger partial charge in [-0.15, -0.1) is 10.2 Å². The summed E-state index contributed by atoms with van der Waals surface area (Å²) in [5.74, 6) is -0.677. The standard InChI is InChI=1S/C20H18F2N4/c21-16-4-2-1-3-14(16)15-7-8-24-11-13-9-12(10-17(22)20(13)15)18-5-6-19(23)26-25-18/h1-6,9-10,15,24H,7-8,11H2,(H2,23,26). The number of nitrogens with zero attached hydrogens (tertiary/aromatic N) is 2. The van der Waals surface area contributed by atoms with Gasteiger partial charge in [-0.05, 0) is 60.0 Å². The van der Waals surface area contributed by atoms with Gasteiger partial charge < -0.3 is 11.1 Å². The molecule has 2 aromatic carbocycles. The minimum atomic E-state index is -0.354. The van der Waals surface area contributed by atoms with Crippen molar-refractivity contribution in [3.8, 4) is 11.3 Å². The average Bonchev–Trinajstić information content (AvgIpc) is 2.85. The van der Waals surface area contributed by atoms with Gasteiger partial charge in [-0.1, -0.05) is 18.2 Å². The monoisotopic (exact) mass is 352 g/mol. The van der Waals surface area contributed by atoms with Crippen LogP contribution in [0.2, 0.25) is 0 Å². The number of hydrogen-bond donors (Lipinski definition) is 2. The van der Waals surface area contributed by atoms with E-state index in [1.807, 2.05) is 6.07 Å². The molecule has 1 aliphatic rings. The van der Waals surface area contributed by atoms with E-state index in [9.17, 15) is 4.39 Å². The van der Waals surface area contributed by atoms with E-state index in [0.29, 0.717) is 47.7 Å². The zero-order chi connectivity index (χ0) is 18.1. The van der Waals surface area contributed by atoms with Gasteiger partial charge in [0.1, 0.15) is 17.5 Å². The largest absolute Gasteiger partial charge is 0.382 e. The maximum Gasteiger partial charge on any atom is 0.146 e. The topological polar surface area (TPSA) is 63.8 Å². The quantitative estimate of drug-likeness (QED) is 0.739. The molecule has 1 atom stereocenters. The Kier molecular flexibility index (Phi) is 4.34. The lowest BCUT2D eigenvalue weighted by Gasteiger charge is -2.20. The summed E-state index contributed by atoms with van der Waals surface area (Å²) in [6.45, 7) is 1.21. The lowest BCUT2D eigenvalue weighted by Crippen LogP contribution is -2.12. The van der Waals surface area contributed by atoms with Crippen LogP contribution in [0.1, 0.15) is 29.0 Å². The van der Waals surface area contributed by atoms with Gasteiger partial charge in [0.25, 0.3) is 0 Å². The number of fused-ring (bicyclic) bond motifs is 1. The van der Waals surface area contributed by atoms with Crippen molar-refractivity contribution in [3.63, 3.8) is 0 Å². The van der Waals surface area contributed by atoms with Crippen LogP contribution in [0.4, 0.5) is 14.6 Å².